The number of thioether (sulfide) groups is 1. The van der Waals surface area contributed by atoms with Crippen molar-refractivity contribution in [2.75, 3.05) is 18.1 Å². The van der Waals surface area contributed by atoms with E-state index in [0.717, 1.165) is 11.5 Å². The molecule has 0 aromatic carbocycles. The smallest absolute Gasteiger partial charge is 0.352 e. The second kappa shape index (κ2) is 9.50. The van der Waals surface area contributed by atoms with Gasteiger partial charge in [-0.25, -0.2) is 4.79 Å². The first-order valence-corrected chi connectivity index (χ1v) is 11.5. The SMILES string of the molecule is CCON=C(C(=O)NC1C(=O)N2C(C(=O)O)=C(C[n+]3ccccn3)CS[C@H]12)c1nsc(N)n1. The number of aromatic nitrogens is 4. The molecule has 0 spiro atoms. The van der Waals surface area contributed by atoms with E-state index in [1.165, 1.54) is 16.7 Å². The van der Waals surface area contributed by atoms with Gasteiger partial charge in [0, 0.05) is 28.9 Å². The number of carbonyl (C=O) groups excluding carboxylic acids is 2. The predicted octanol–water partition coefficient (Wildman–Crippen LogP) is -1.02. The Morgan fingerprint density at radius 1 is 1.45 bits per heavy atom. The number of carbonyl (C=O) groups is 3. The number of fused-ring (bicyclic) bond motifs is 1. The lowest BCUT2D eigenvalue weighted by Crippen LogP contribution is -2.71. The minimum absolute atomic E-state index is 0.0239. The number of anilines is 1. The number of carboxylic acids is 1. The van der Waals surface area contributed by atoms with Crippen molar-refractivity contribution >= 4 is 51.9 Å². The van der Waals surface area contributed by atoms with Crippen LogP contribution in [0.25, 0.3) is 0 Å². The number of amides is 2. The number of nitrogen functional groups attached to an aromatic ring is 1. The van der Waals surface area contributed by atoms with E-state index in [-0.39, 0.29) is 35.5 Å². The Morgan fingerprint density at radius 2 is 2.27 bits per heavy atom. The molecule has 13 nitrogen and oxygen atoms in total. The first-order valence-electron chi connectivity index (χ1n) is 9.71. The first-order chi connectivity index (χ1) is 15.9. The van der Waals surface area contributed by atoms with E-state index in [2.05, 4.69) is 24.9 Å². The van der Waals surface area contributed by atoms with Gasteiger partial charge in [-0.2, -0.15) is 9.36 Å². The maximum Gasteiger partial charge on any atom is 0.352 e. The molecular weight excluding hydrogens is 472 g/mol. The molecule has 172 valence electrons. The largest absolute Gasteiger partial charge is 0.477 e. The summed E-state index contributed by atoms with van der Waals surface area (Å²) in [6, 6.07) is 2.59. The Hall–Kier alpha value is -3.59. The highest BCUT2D eigenvalue weighted by atomic mass is 32.2. The quantitative estimate of drug-likeness (QED) is 0.179. The molecule has 0 radical (unpaired) electrons. The van der Waals surface area contributed by atoms with Crippen LogP contribution in [0.4, 0.5) is 5.13 Å². The first kappa shape index (κ1) is 22.6. The van der Waals surface area contributed by atoms with Crippen molar-refractivity contribution < 1.29 is 29.0 Å². The monoisotopic (exact) mass is 491 g/mol. The zero-order chi connectivity index (χ0) is 23.5. The van der Waals surface area contributed by atoms with Crippen LogP contribution in [0.15, 0.2) is 41.0 Å². The standard InChI is InChI=1S/C18H18N8O5S2/c1-2-31-23-10(13-22-18(19)33-24-13)14(27)21-11-15(28)26-12(17(29)30)9(8-32-16(11)26)7-25-6-4-3-5-20-25/h3-6,11,16H,2,7-8H2,1H3,(H3-,19,21,22,24,27,29,30)/p+1/t11?,16-/m1/s1. The third-order valence-electron chi connectivity index (χ3n) is 4.71. The number of hydrogen-bond donors (Lipinski definition) is 3. The number of nitrogens with zero attached hydrogens (tertiary/aromatic N) is 6. The van der Waals surface area contributed by atoms with Crippen LogP contribution < -0.4 is 15.7 Å². The fourth-order valence-electron chi connectivity index (χ4n) is 3.31. The third-order valence-corrected chi connectivity index (χ3v) is 6.60. The van der Waals surface area contributed by atoms with Gasteiger partial charge >= 0.3 is 5.97 Å². The van der Waals surface area contributed by atoms with E-state index in [0.29, 0.717) is 11.3 Å². The van der Waals surface area contributed by atoms with Crippen molar-refractivity contribution in [2.45, 2.75) is 24.9 Å². The molecule has 4 N–H and O–H groups in total. The Labute approximate surface area is 195 Å². The van der Waals surface area contributed by atoms with E-state index in [4.69, 9.17) is 10.6 Å². The summed E-state index contributed by atoms with van der Waals surface area (Å²) in [4.78, 5) is 47.8. The van der Waals surface area contributed by atoms with E-state index in [9.17, 15) is 19.5 Å². The third kappa shape index (κ3) is 4.49. The van der Waals surface area contributed by atoms with Crippen molar-refractivity contribution in [3.8, 4) is 0 Å². The van der Waals surface area contributed by atoms with Crippen LogP contribution in [0, 0.1) is 0 Å². The maximum atomic E-state index is 12.9. The summed E-state index contributed by atoms with van der Waals surface area (Å²) in [7, 11) is 0. The molecule has 0 aliphatic carbocycles. The highest BCUT2D eigenvalue weighted by Gasteiger charge is 2.55. The van der Waals surface area contributed by atoms with Gasteiger partial charge in [-0.15, -0.1) is 11.8 Å². The van der Waals surface area contributed by atoms with Crippen molar-refractivity contribution in [2.24, 2.45) is 5.16 Å². The highest BCUT2D eigenvalue weighted by molar-refractivity contribution is 8.00. The Kier molecular flexibility index (Phi) is 6.50. The van der Waals surface area contributed by atoms with Crippen molar-refractivity contribution in [3.05, 3.63) is 41.6 Å². The van der Waals surface area contributed by atoms with Crippen LogP contribution in [0.3, 0.4) is 0 Å². The molecule has 2 aliphatic heterocycles. The molecule has 0 saturated carbocycles. The van der Waals surface area contributed by atoms with Gasteiger partial charge in [0.2, 0.25) is 11.5 Å². The average molecular weight is 492 g/mol. The molecule has 2 aromatic heterocycles. The molecule has 1 fully saturated rings. The molecule has 15 heteroatoms. The molecule has 2 aromatic rings. The number of carboxylic acid groups (broad SMARTS) is 1. The van der Waals surface area contributed by atoms with Crippen LogP contribution in [0.2, 0.25) is 0 Å². The lowest BCUT2D eigenvalue weighted by atomic mass is 10.0. The summed E-state index contributed by atoms with van der Waals surface area (Å²) in [5.74, 6) is -2.15. The molecule has 33 heavy (non-hydrogen) atoms. The molecule has 2 atom stereocenters. The van der Waals surface area contributed by atoms with E-state index in [1.54, 1.807) is 36.1 Å². The van der Waals surface area contributed by atoms with Gasteiger partial charge < -0.3 is 21.0 Å². The van der Waals surface area contributed by atoms with Gasteiger partial charge in [0.05, 0.1) is 6.20 Å². The molecule has 2 amide bonds. The van der Waals surface area contributed by atoms with Gasteiger partial charge in [-0.1, -0.05) is 9.84 Å². The fourth-order valence-corrected chi connectivity index (χ4v) is 5.08. The summed E-state index contributed by atoms with van der Waals surface area (Å²) < 4.78 is 5.56. The summed E-state index contributed by atoms with van der Waals surface area (Å²) >= 11 is 2.24. The van der Waals surface area contributed by atoms with Gasteiger partial charge in [-0.3, -0.25) is 14.5 Å². The minimum Gasteiger partial charge on any atom is -0.477 e. The molecule has 4 heterocycles. The lowest BCUT2D eigenvalue weighted by Gasteiger charge is -2.49. The number of rotatable bonds is 8. The van der Waals surface area contributed by atoms with Crippen LogP contribution in [0.1, 0.15) is 12.7 Å². The molecule has 2 aliphatic rings. The Bertz CT molecular complexity index is 1150. The minimum atomic E-state index is -1.22. The van der Waals surface area contributed by atoms with Crippen molar-refractivity contribution in [1.29, 1.82) is 0 Å². The van der Waals surface area contributed by atoms with Gasteiger partial charge in [-0.05, 0) is 18.1 Å². The average Bonchev–Trinajstić information content (AvgIpc) is 3.23. The summed E-state index contributed by atoms with van der Waals surface area (Å²) in [6.45, 7) is 2.12. The zero-order valence-corrected chi connectivity index (χ0v) is 18.9. The van der Waals surface area contributed by atoms with Gasteiger partial charge in [0.1, 0.15) is 23.7 Å². The number of oxime groups is 1. The number of nitrogens with one attached hydrogen (secondary N) is 1. The van der Waals surface area contributed by atoms with Crippen LogP contribution in [-0.2, 0) is 25.8 Å². The molecule has 4 rings (SSSR count). The normalized spacial score (nSPS) is 20.2. The summed E-state index contributed by atoms with van der Waals surface area (Å²) in [5.41, 5.74) is 5.82. The topological polar surface area (TPSA) is 177 Å². The van der Waals surface area contributed by atoms with Crippen LogP contribution in [0.5, 0.6) is 0 Å². The van der Waals surface area contributed by atoms with Crippen molar-refractivity contribution in [1.82, 2.24) is 24.7 Å². The summed E-state index contributed by atoms with van der Waals surface area (Å²) in [5, 5.41) is 19.9. The van der Waals surface area contributed by atoms with Crippen LogP contribution in [-0.4, -0.2) is 71.7 Å². The van der Waals surface area contributed by atoms with E-state index >= 15 is 0 Å². The van der Waals surface area contributed by atoms with Gasteiger partial charge in [0.25, 0.3) is 11.8 Å². The Balaban J connectivity index is 1.53. The van der Waals surface area contributed by atoms with Crippen LogP contribution >= 0.6 is 23.3 Å². The Morgan fingerprint density at radius 3 is 2.91 bits per heavy atom. The van der Waals surface area contributed by atoms with E-state index < -0.39 is 29.2 Å². The summed E-state index contributed by atoms with van der Waals surface area (Å²) in [6.07, 6.45) is 3.30. The number of hydrogen-bond acceptors (Lipinski definition) is 11. The number of β-lactam (4-membered cyclic amide) rings is 1. The fraction of sp³-hybridized carbons (Fsp3) is 0.333. The number of aliphatic carboxylic acids is 1. The predicted molar refractivity (Wildman–Crippen MR) is 117 cm³/mol. The second-order valence-electron chi connectivity index (χ2n) is 6.83. The van der Waals surface area contributed by atoms with Gasteiger partial charge in [0.15, 0.2) is 17.9 Å². The van der Waals surface area contributed by atoms with Crippen molar-refractivity contribution in [3.63, 3.8) is 0 Å². The highest BCUT2D eigenvalue weighted by Crippen LogP contribution is 2.40. The lowest BCUT2D eigenvalue weighted by molar-refractivity contribution is -0.746. The molecule has 1 unspecified atom stereocenters. The molecule has 0 bridgehead atoms. The molecule has 1 saturated heterocycles. The second-order valence-corrected chi connectivity index (χ2v) is 8.72. The maximum absolute atomic E-state index is 12.9. The molecular formula is C18H19N8O5S2+. The zero-order valence-electron chi connectivity index (χ0n) is 17.2. The van der Waals surface area contributed by atoms with E-state index in [1.807, 2.05) is 0 Å². The number of nitrogens with two attached hydrogens (primary N) is 1.